The van der Waals surface area contributed by atoms with Gasteiger partial charge in [-0.2, -0.15) is 0 Å². The number of carbonyl (C=O) groups is 2. The highest BCUT2D eigenvalue weighted by atomic mass is 35.5. The van der Waals surface area contributed by atoms with Crippen molar-refractivity contribution in [3.63, 3.8) is 0 Å². The smallest absolute Gasteiger partial charge is 0.310 e. The van der Waals surface area contributed by atoms with Crippen molar-refractivity contribution in [3.05, 3.63) is 0 Å². The molecule has 12 heavy (non-hydrogen) atoms. The molecule has 0 saturated heterocycles. The summed E-state index contributed by atoms with van der Waals surface area (Å²) >= 11 is 5.08. The van der Waals surface area contributed by atoms with Crippen LogP contribution >= 0.6 is 11.6 Å². The third kappa shape index (κ3) is 2.81. The molecular weight excluding hydrogens is 178 g/mol. The van der Waals surface area contributed by atoms with Crippen LogP contribution in [-0.4, -0.2) is 28.1 Å². The van der Waals surface area contributed by atoms with Crippen molar-refractivity contribution in [3.8, 4) is 0 Å². The Morgan fingerprint density at radius 1 is 1.08 bits per heavy atom. The molecule has 0 radical (unpaired) electrons. The van der Waals surface area contributed by atoms with Gasteiger partial charge in [0.25, 0.3) is 0 Å². The van der Waals surface area contributed by atoms with E-state index in [1.54, 1.807) is 0 Å². The van der Waals surface area contributed by atoms with Crippen LogP contribution in [0.2, 0.25) is 0 Å². The Morgan fingerprint density at radius 3 is 1.50 bits per heavy atom. The molecule has 0 saturated carbocycles. The van der Waals surface area contributed by atoms with Gasteiger partial charge in [-0.3, -0.25) is 9.59 Å². The number of rotatable bonds is 3. The molecule has 0 spiro atoms. The van der Waals surface area contributed by atoms with E-state index in [-0.39, 0.29) is 12.1 Å². The van der Waals surface area contributed by atoms with Crippen molar-refractivity contribution in [1.29, 1.82) is 0 Å². The summed E-state index contributed by atoms with van der Waals surface area (Å²) in [7, 11) is 0. The zero-order valence-electron chi connectivity index (χ0n) is 7.80. The molecule has 4 heteroatoms. The highest BCUT2D eigenvalue weighted by Gasteiger charge is 2.24. The first-order chi connectivity index (χ1) is 5.37. The van der Waals surface area contributed by atoms with Crippen molar-refractivity contribution in [2.45, 2.75) is 39.8 Å². The van der Waals surface area contributed by atoms with Crippen LogP contribution in [0, 0.1) is 0 Å². The predicted molar refractivity (Wildman–Crippen MR) is 48.0 cm³/mol. The van der Waals surface area contributed by atoms with Gasteiger partial charge in [-0.05, 0) is 39.3 Å². The minimum Gasteiger partial charge on any atom is -0.330 e. The molecule has 0 rings (SSSR count). The topological polar surface area (TPSA) is 37.4 Å². The maximum Gasteiger partial charge on any atom is 0.310 e. The zero-order valence-corrected chi connectivity index (χ0v) is 8.55. The van der Waals surface area contributed by atoms with E-state index in [0.717, 1.165) is 0 Å². The van der Waals surface area contributed by atoms with E-state index in [2.05, 4.69) is 0 Å². The molecule has 0 aliphatic carbocycles. The van der Waals surface area contributed by atoms with E-state index >= 15 is 0 Å². The van der Waals surface area contributed by atoms with Crippen LogP contribution in [-0.2, 0) is 9.59 Å². The fourth-order valence-corrected chi connectivity index (χ4v) is 1.26. The standard InChI is InChI=1S/C8H14ClNO2/c1-5(2)10(6(3)4)8(12)7(9)11/h5-6H,1-4H3. The molecular formula is C8H14ClNO2. The second-order valence-electron chi connectivity index (χ2n) is 3.17. The van der Waals surface area contributed by atoms with Crippen LogP contribution in [0.4, 0.5) is 0 Å². The molecule has 0 aromatic heterocycles. The third-order valence-corrected chi connectivity index (χ3v) is 1.68. The molecule has 0 aliphatic heterocycles. The molecule has 0 aromatic rings. The van der Waals surface area contributed by atoms with Crippen molar-refractivity contribution in [2.24, 2.45) is 0 Å². The lowest BCUT2D eigenvalue weighted by atomic mass is 10.2. The lowest BCUT2D eigenvalue weighted by Gasteiger charge is -2.29. The van der Waals surface area contributed by atoms with Crippen molar-refractivity contribution < 1.29 is 9.59 Å². The Labute approximate surface area is 77.7 Å². The lowest BCUT2D eigenvalue weighted by molar-refractivity contribution is -0.143. The van der Waals surface area contributed by atoms with Gasteiger partial charge in [0.15, 0.2) is 0 Å². The number of amides is 1. The number of hydrogen-bond acceptors (Lipinski definition) is 2. The first-order valence-corrected chi connectivity index (χ1v) is 4.27. The summed E-state index contributed by atoms with van der Waals surface area (Å²) in [5.74, 6) is -0.623. The van der Waals surface area contributed by atoms with Crippen LogP contribution in [0.15, 0.2) is 0 Å². The van der Waals surface area contributed by atoms with E-state index in [4.69, 9.17) is 11.6 Å². The second kappa shape index (κ2) is 4.45. The Morgan fingerprint density at radius 2 is 1.42 bits per heavy atom. The molecule has 0 fully saturated rings. The number of carbonyl (C=O) groups excluding carboxylic acids is 2. The quantitative estimate of drug-likeness (QED) is 0.500. The van der Waals surface area contributed by atoms with Crippen LogP contribution in [0.25, 0.3) is 0 Å². The number of hydrogen-bond donors (Lipinski definition) is 0. The summed E-state index contributed by atoms with van der Waals surface area (Å²) in [4.78, 5) is 23.2. The molecule has 70 valence electrons. The highest BCUT2D eigenvalue weighted by Crippen LogP contribution is 2.06. The monoisotopic (exact) mass is 191 g/mol. The van der Waals surface area contributed by atoms with E-state index in [1.165, 1.54) is 4.90 Å². The van der Waals surface area contributed by atoms with Crippen LogP contribution in [0.1, 0.15) is 27.7 Å². The maximum absolute atomic E-state index is 11.2. The molecule has 0 unspecified atom stereocenters. The maximum atomic E-state index is 11.2. The van der Waals surface area contributed by atoms with Gasteiger partial charge in [-0.15, -0.1) is 0 Å². The normalized spacial score (nSPS) is 10.6. The summed E-state index contributed by atoms with van der Waals surface area (Å²) in [5.41, 5.74) is 0. The fourth-order valence-electron chi connectivity index (χ4n) is 1.17. The number of halogens is 1. The molecule has 1 amide bonds. The Kier molecular flexibility index (Phi) is 4.24. The average Bonchev–Trinajstić information content (AvgIpc) is 1.85. The SMILES string of the molecule is CC(C)N(C(=O)C(=O)Cl)C(C)C. The van der Waals surface area contributed by atoms with Gasteiger partial charge < -0.3 is 4.90 Å². The van der Waals surface area contributed by atoms with Gasteiger partial charge in [-0.1, -0.05) is 0 Å². The molecule has 0 bridgehead atoms. The fraction of sp³-hybridized carbons (Fsp3) is 0.750. The van der Waals surface area contributed by atoms with Crippen LogP contribution in [0.5, 0.6) is 0 Å². The Bertz CT molecular complexity index is 181. The van der Waals surface area contributed by atoms with E-state index in [1.807, 2.05) is 27.7 Å². The highest BCUT2D eigenvalue weighted by molar-refractivity contribution is 6.80. The lowest BCUT2D eigenvalue weighted by Crippen LogP contribution is -2.44. The first kappa shape index (κ1) is 11.4. The second-order valence-corrected chi connectivity index (χ2v) is 3.52. The Hall–Kier alpha value is -0.570. The summed E-state index contributed by atoms with van der Waals surface area (Å²) in [6.45, 7) is 7.38. The average molecular weight is 192 g/mol. The summed E-state index contributed by atoms with van der Waals surface area (Å²) in [5, 5.41) is -0.919. The largest absolute Gasteiger partial charge is 0.330 e. The van der Waals surface area contributed by atoms with Gasteiger partial charge in [-0.25, -0.2) is 0 Å². The summed E-state index contributed by atoms with van der Waals surface area (Å²) in [6.07, 6.45) is 0. The van der Waals surface area contributed by atoms with Gasteiger partial charge >= 0.3 is 11.1 Å². The predicted octanol–water partition coefficient (Wildman–Crippen LogP) is 1.40. The van der Waals surface area contributed by atoms with Gasteiger partial charge in [0.05, 0.1) is 0 Å². The van der Waals surface area contributed by atoms with E-state index < -0.39 is 11.1 Å². The molecule has 0 heterocycles. The molecule has 3 nitrogen and oxygen atoms in total. The van der Waals surface area contributed by atoms with Crippen LogP contribution < -0.4 is 0 Å². The minimum absolute atomic E-state index is 0.000185. The Balaban J connectivity index is 4.52. The molecule has 0 aliphatic rings. The summed E-state index contributed by atoms with van der Waals surface area (Å²) < 4.78 is 0. The summed E-state index contributed by atoms with van der Waals surface area (Å²) in [6, 6.07) is 0.000370. The zero-order chi connectivity index (χ0) is 9.89. The van der Waals surface area contributed by atoms with Crippen LogP contribution in [0.3, 0.4) is 0 Å². The van der Waals surface area contributed by atoms with Crippen molar-refractivity contribution >= 4 is 22.8 Å². The van der Waals surface area contributed by atoms with Gasteiger partial charge in [0.1, 0.15) is 0 Å². The first-order valence-electron chi connectivity index (χ1n) is 3.90. The molecule has 0 aromatic carbocycles. The minimum atomic E-state index is -0.919. The number of nitrogens with zero attached hydrogens (tertiary/aromatic N) is 1. The van der Waals surface area contributed by atoms with E-state index in [9.17, 15) is 9.59 Å². The molecule has 0 atom stereocenters. The van der Waals surface area contributed by atoms with Crippen molar-refractivity contribution in [1.82, 2.24) is 4.90 Å². The van der Waals surface area contributed by atoms with Crippen molar-refractivity contribution in [2.75, 3.05) is 0 Å². The molecule has 0 N–H and O–H groups in total. The van der Waals surface area contributed by atoms with E-state index in [0.29, 0.717) is 0 Å². The third-order valence-electron chi connectivity index (χ3n) is 1.52. The van der Waals surface area contributed by atoms with Gasteiger partial charge in [0.2, 0.25) is 0 Å². The van der Waals surface area contributed by atoms with Gasteiger partial charge in [0, 0.05) is 12.1 Å².